The number of rotatable bonds is 4. The Hall–Kier alpha value is -1.33. The number of halogens is 2. The molecule has 4 nitrogen and oxygen atoms in total. The first-order chi connectivity index (χ1) is 9.99. The first-order valence-corrected chi connectivity index (χ1v) is 7.46. The van der Waals surface area contributed by atoms with Gasteiger partial charge in [-0.2, -0.15) is 0 Å². The van der Waals surface area contributed by atoms with Crippen LogP contribution in [0.2, 0.25) is 5.02 Å². The predicted octanol–water partition coefficient (Wildman–Crippen LogP) is 2.46. The zero-order valence-electron chi connectivity index (χ0n) is 12.2. The topological polar surface area (TPSA) is 41.6 Å². The Kier molecular flexibility index (Phi) is 5.42. The van der Waals surface area contributed by atoms with E-state index in [1.807, 2.05) is 0 Å². The Morgan fingerprint density at radius 1 is 1.48 bits per heavy atom. The van der Waals surface area contributed by atoms with E-state index < -0.39 is 11.9 Å². The molecule has 1 aromatic carbocycles. The van der Waals surface area contributed by atoms with Crippen LogP contribution in [-0.4, -0.2) is 43.1 Å². The zero-order valence-corrected chi connectivity index (χ0v) is 13.0. The Balaban J connectivity index is 1.98. The molecule has 1 saturated heterocycles. The van der Waals surface area contributed by atoms with Gasteiger partial charge in [-0.15, -0.1) is 0 Å². The molecule has 1 N–H and O–H groups in total. The highest BCUT2D eigenvalue weighted by Crippen LogP contribution is 2.26. The monoisotopic (exact) mass is 314 g/mol. The minimum atomic E-state index is -0.659. The van der Waals surface area contributed by atoms with Crippen LogP contribution < -0.4 is 10.1 Å². The van der Waals surface area contributed by atoms with Gasteiger partial charge >= 0.3 is 0 Å². The Morgan fingerprint density at radius 2 is 2.14 bits per heavy atom. The molecule has 1 unspecified atom stereocenters. The third-order valence-electron chi connectivity index (χ3n) is 3.75. The van der Waals surface area contributed by atoms with E-state index in [2.05, 4.69) is 5.32 Å². The largest absolute Gasteiger partial charge is 0.479 e. The summed E-state index contributed by atoms with van der Waals surface area (Å²) in [4.78, 5) is 14.1. The van der Waals surface area contributed by atoms with Crippen LogP contribution in [0, 0.1) is 5.82 Å². The summed E-state index contributed by atoms with van der Waals surface area (Å²) in [5.74, 6) is -0.210. The van der Waals surface area contributed by atoms with E-state index in [-0.39, 0.29) is 17.0 Å². The summed E-state index contributed by atoms with van der Waals surface area (Å²) in [6, 6.07) is 4.10. The van der Waals surface area contributed by atoms with Gasteiger partial charge in [-0.1, -0.05) is 11.6 Å². The Bertz CT molecular complexity index is 506. The van der Waals surface area contributed by atoms with Crippen molar-refractivity contribution in [2.75, 3.05) is 20.1 Å². The molecule has 21 heavy (non-hydrogen) atoms. The van der Waals surface area contributed by atoms with Gasteiger partial charge in [0.05, 0.1) is 5.02 Å². The maximum absolute atomic E-state index is 13.0. The Labute approximate surface area is 129 Å². The fourth-order valence-electron chi connectivity index (χ4n) is 2.47. The highest BCUT2D eigenvalue weighted by molar-refractivity contribution is 6.32. The van der Waals surface area contributed by atoms with Crippen LogP contribution in [0.4, 0.5) is 4.39 Å². The molecule has 0 radical (unpaired) electrons. The van der Waals surface area contributed by atoms with Gasteiger partial charge in [-0.05, 0) is 51.1 Å². The standard InChI is InChI=1S/C15H20ClFN2O2/c1-10(21-14-4-3-11(17)9-13(14)16)15(20)19(2)12-5-7-18-8-6-12/h3-4,9-10,12,18H,5-8H2,1-2H3. The Morgan fingerprint density at radius 3 is 2.76 bits per heavy atom. The van der Waals surface area contributed by atoms with Crippen molar-refractivity contribution in [3.05, 3.63) is 29.0 Å². The van der Waals surface area contributed by atoms with E-state index in [4.69, 9.17) is 16.3 Å². The summed E-state index contributed by atoms with van der Waals surface area (Å²) in [5.41, 5.74) is 0. The second-order valence-electron chi connectivity index (χ2n) is 5.27. The third-order valence-corrected chi connectivity index (χ3v) is 4.04. The fourth-order valence-corrected chi connectivity index (χ4v) is 2.68. The number of carbonyl (C=O) groups is 1. The minimum Gasteiger partial charge on any atom is -0.479 e. The molecule has 0 aromatic heterocycles. The molecule has 116 valence electrons. The normalized spacial score (nSPS) is 17.3. The highest BCUT2D eigenvalue weighted by Gasteiger charge is 2.26. The molecular weight excluding hydrogens is 295 g/mol. The van der Waals surface area contributed by atoms with Crippen molar-refractivity contribution in [1.29, 1.82) is 0 Å². The first kappa shape index (κ1) is 16.0. The van der Waals surface area contributed by atoms with Gasteiger partial charge in [-0.3, -0.25) is 4.79 Å². The molecule has 1 aromatic rings. The van der Waals surface area contributed by atoms with Crippen LogP contribution >= 0.6 is 11.6 Å². The van der Waals surface area contributed by atoms with Crippen molar-refractivity contribution in [1.82, 2.24) is 10.2 Å². The van der Waals surface area contributed by atoms with Gasteiger partial charge in [0, 0.05) is 13.1 Å². The number of benzene rings is 1. The molecule has 0 spiro atoms. The lowest BCUT2D eigenvalue weighted by Crippen LogP contribution is -2.48. The van der Waals surface area contributed by atoms with Crippen molar-refractivity contribution in [2.24, 2.45) is 0 Å². The summed E-state index contributed by atoms with van der Waals surface area (Å²) in [6.07, 6.45) is 1.21. The number of nitrogens with one attached hydrogen (secondary N) is 1. The van der Waals surface area contributed by atoms with Crippen molar-refractivity contribution in [3.8, 4) is 5.75 Å². The molecule has 1 heterocycles. The third kappa shape index (κ3) is 4.08. The van der Waals surface area contributed by atoms with Gasteiger partial charge in [0.2, 0.25) is 0 Å². The van der Waals surface area contributed by atoms with Crippen molar-refractivity contribution in [3.63, 3.8) is 0 Å². The van der Waals surface area contributed by atoms with Crippen molar-refractivity contribution < 1.29 is 13.9 Å². The van der Waals surface area contributed by atoms with Crippen LogP contribution in [0.1, 0.15) is 19.8 Å². The molecule has 2 rings (SSSR count). The quantitative estimate of drug-likeness (QED) is 0.928. The van der Waals surface area contributed by atoms with Crippen molar-refractivity contribution in [2.45, 2.75) is 31.9 Å². The maximum Gasteiger partial charge on any atom is 0.263 e. The molecule has 1 aliphatic heterocycles. The average molecular weight is 315 g/mol. The van der Waals surface area contributed by atoms with Gasteiger partial charge in [0.25, 0.3) is 5.91 Å². The fraction of sp³-hybridized carbons (Fsp3) is 0.533. The first-order valence-electron chi connectivity index (χ1n) is 7.08. The van der Waals surface area contributed by atoms with Crippen LogP contribution in [0.15, 0.2) is 18.2 Å². The van der Waals surface area contributed by atoms with Crippen molar-refractivity contribution >= 4 is 17.5 Å². The van der Waals surface area contributed by atoms with E-state index in [9.17, 15) is 9.18 Å². The number of nitrogens with zero attached hydrogens (tertiary/aromatic N) is 1. The number of hydrogen-bond donors (Lipinski definition) is 1. The van der Waals surface area contributed by atoms with E-state index in [1.165, 1.54) is 18.2 Å². The number of piperidine rings is 1. The SMILES string of the molecule is CC(Oc1ccc(F)cc1Cl)C(=O)N(C)C1CCNCC1. The van der Waals surface area contributed by atoms with Gasteiger partial charge in [0.1, 0.15) is 11.6 Å². The molecular formula is C15H20ClFN2O2. The summed E-state index contributed by atoms with van der Waals surface area (Å²) < 4.78 is 18.6. The molecule has 1 atom stereocenters. The predicted molar refractivity (Wildman–Crippen MR) is 80.2 cm³/mol. The molecule has 0 aliphatic carbocycles. The minimum absolute atomic E-state index is 0.0951. The molecule has 6 heteroatoms. The van der Waals surface area contributed by atoms with Crippen LogP contribution in [0.5, 0.6) is 5.75 Å². The van der Waals surface area contributed by atoms with E-state index >= 15 is 0 Å². The zero-order chi connectivity index (χ0) is 15.4. The number of hydrogen-bond acceptors (Lipinski definition) is 3. The van der Waals surface area contributed by atoms with Crippen LogP contribution in [-0.2, 0) is 4.79 Å². The lowest BCUT2D eigenvalue weighted by atomic mass is 10.0. The highest BCUT2D eigenvalue weighted by atomic mass is 35.5. The number of amides is 1. The summed E-state index contributed by atoms with van der Waals surface area (Å²) >= 11 is 5.91. The molecule has 1 fully saturated rings. The summed E-state index contributed by atoms with van der Waals surface area (Å²) in [5, 5.41) is 3.43. The summed E-state index contributed by atoms with van der Waals surface area (Å²) in [7, 11) is 1.80. The van der Waals surface area contributed by atoms with Crippen LogP contribution in [0.3, 0.4) is 0 Å². The van der Waals surface area contributed by atoms with E-state index in [0.29, 0.717) is 5.75 Å². The molecule has 0 bridgehead atoms. The molecule has 0 saturated carbocycles. The second-order valence-corrected chi connectivity index (χ2v) is 5.67. The van der Waals surface area contributed by atoms with Gasteiger partial charge in [-0.25, -0.2) is 4.39 Å². The van der Waals surface area contributed by atoms with Crippen LogP contribution in [0.25, 0.3) is 0 Å². The lowest BCUT2D eigenvalue weighted by Gasteiger charge is -2.33. The number of carbonyl (C=O) groups excluding carboxylic acids is 1. The van der Waals surface area contributed by atoms with E-state index in [0.717, 1.165) is 25.9 Å². The molecule has 1 aliphatic rings. The smallest absolute Gasteiger partial charge is 0.263 e. The maximum atomic E-state index is 13.0. The number of ether oxygens (including phenoxy) is 1. The lowest BCUT2D eigenvalue weighted by molar-refractivity contribution is -0.139. The van der Waals surface area contributed by atoms with Gasteiger partial charge < -0.3 is 15.0 Å². The average Bonchev–Trinajstić information content (AvgIpc) is 2.49. The molecule has 1 amide bonds. The van der Waals surface area contributed by atoms with E-state index in [1.54, 1.807) is 18.9 Å². The second kappa shape index (κ2) is 7.09. The summed E-state index contributed by atoms with van der Waals surface area (Å²) in [6.45, 7) is 3.52. The number of likely N-dealkylation sites (N-methyl/N-ethyl adjacent to an activating group) is 1. The van der Waals surface area contributed by atoms with Gasteiger partial charge in [0.15, 0.2) is 6.10 Å².